The van der Waals surface area contributed by atoms with Crippen molar-refractivity contribution in [2.75, 3.05) is 6.54 Å². The van der Waals surface area contributed by atoms with Gasteiger partial charge in [-0.25, -0.2) is 0 Å². The molecule has 0 aliphatic carbocycles. The number of nitro groups is 1. The normalized spacial score (nSPS) is 17.0. The number of non-ortho nitro benzene ring substituents is 1. The van der Waals surface area contributed by atoms with Crippen LogP contribution in [0.25, 0.3) is 11.0 Å². The van der Waals surface area contributed by atoms with Crippen molar-refractivity contribution < 1.29 is 45.3 Å². The number of amides is 2. The predicted molar refractivity (Wildman–Crippen MR) is 156 cm³/mol. The lowest BCUT2D eigenvalue weighted by Crippen LogP contribution is -2.52. The van der Waals surface area contributed by atoms with Crippen molar-refractivity contribution in [3.05, 3.63) is 120 Å². The summed E-state index contributed by atoms with van der Waals surface area (Å²) >= 11 is 5.97. The fraction of sp³-hybridized carbons (Fsp3) is 0.258. The third-order valence-corrected chi connectivity index (χ3v) is 7.93. The van der Waals surface area contributed by atoms with Crippen molar-refractivity contribution >= 4 is 40.1 Å². The van der Waals surface area contributed by atoms with E-state index in [1.807, 2.05) is 0 Å². The summed E-state index contributed by atoms with van der Waals surface area (Å²) in [5, 5.41) is 14.2. The summed E-state index contributed by atoms with van der Waals surface area (Å²) in [7, 11) is 0. The molecule has 16 heteroatoms. The minimum Gasteiger partial charge on any atom is -0.450 e. The molecule has 4 aromatic rings. The van der Waals surface area contributed by atoms with Gasteiger partial charge in [0, 0.05) is 41.3 Å². The number of piperidine rings is 1. The van der Waals surface area contributed by atoms with Gasteiger partial charge in [-0.1, -0.05) is 23.7 Å². The zero-order chi connectivity index (χ0) is 34.3. The van der Waals surface area contributed by atoms with Crippen LogP contribution in [0.3, 0.4) is 0 Å². The summed E-state index contributed by atoms with van der Waals surface area (Å²) in [6.07, 6.45) is -10.1. The second kappa shape index (κ2) is 12.7. The fourth-order valence-electron chi connectivity index (χ4n) is 5.41. The van der Waals surface area contributed by atoms with Crippen LogP contribution in [-0.4, -0.2) is 40.3 Å². The first-order valence-corrected chi connectivity index (χ1v) is 14.3. The molecule has 0 unspecified atom stereocenters. The van der Waals surface area contributed by atoms with Crippen molar-refractivity contribution in [1.29, 1.82) is 0 Å². The standard InChI is InChI=1S/C31H22ClF6N3O6/c32-20-3-1-16(2-4-20)9-23-13-21(39-28(43)27-15-25(42)24-6-5-22(41(45)46)14-26(24)47-27)7-8-40(23)29(44)17-10-18(30(33,34)35)12-19(11-17)31(36,37)38/h1-6,10-12,14-15,21,23H,7-9,13H2,(H,39,43)/t21-,23+/m0/s1. The molecule has 1 fully saturated rings. The lowest BCUT2D eigenvalue weighted by molar-refractivity contribution is -0.384. The summed E-state index contributed by atoms with van der Waals surface area (Å²) in [6, 6.07) is 9.83. The highest BCUT2D eigenvalue weighted by molar-refractivity contribution is 6.30. The third kappa shape index (κ3) is 7.56. The molecule has 0 bridgehead atoms. The molecular weight excluding hydrogens is 660 g/mol. The molecule has 1 N–H and O–H groups in total. The molecule has 0 radical (unpaired) electrons. The number of hydrogen-bond acceptors (Lipinski definition) is 6. The molecule has 1 saturated heterocycles. The minimum absolute atomic E-state index is 0.00488. The van der Waals surface area contributed by atoms with Gasteiger partial charge in [-0.05, 0) is 61.2 Å². The summed E-state index contributed by atoms with van der Waals surface area (Å²) in [4.78, 5) is 50.9. The Kier molecular flexibility index (Phi) is 9.04. The number of nitrogens with zero attached hydrogens (tertiary/aromatic N) is 2. The maximum atomic E-state index is 13.6. The third-order valence-electron chi connectivity index (χ3n) is 7.68. The summed E-state index contributed by atoms with van der Waals surface area (Å²) in [6.45, 7) is -0.159. The molecular formula is C31H22ClF6N3O6. The van der Waals surface area contributed by atoms with E-state index in [0.717, 1.165) is 18.2 Å². The Bertz CT molecular complexity index is 1890. The van der Waals surface area contributed by atoms with E-state index in [0.29, 0.717) is 22.7 Å². The van der Waals surface area contributed by atoms with Crippen LogP contribution >= 0.6 is 11.6 Å². The first kappa shape index (κ1) is 33.4. The predicted octanol–water partition coefficient (Wildman–Crippen LogP) is 7.04. The Morgan fingerprint density at radius 3 is 2.19 bits per heavy atom. The van der Waals surface area contributed by atoms with Crippen LogP contribution in [0.15, 0.2) is 75.9 Å². The van der Waals surface area contributed by atoms with Gasteiger partial charge in [0.05, 0.1) is 27.5 Å². The molecule has 246 valence electrons. The van der Waals surface area contributed by atoms with E-state index in [1.165, 1.54) is 11.0 Å². The van der Waals surface area contributed by atoms with Gasteiger partial charge in [0.25, 0.3) is 17.5 Å². The summed E-state index contributed by atoms with van der Waals surface area (Å²) in [5.74, 6) is -2.36. The average Bonchev–Trinajstić information content (AvgIpc) is 3.00. The molecule has 2 atom stereocenters. The van der Waals surface area contributed by atoms with Crippen LogP contribution in [0.5, 0.6) is 0 Å². The number of carbonyl (C=O) groups is 2. The van der Waals surface area contributed by atoms with Crippen molar-refractivity contribution in [3.63, 3.8) is 0 Å². The van der Waals surface area contributed by atoms with E-state index in [4.69, 9.17) is 16.0 Å². The number of alkyl halides is 6. The number of likely N-dealkylation sites (tertiary alicyclic amines) is 1. The van der Waals surface area contributed by atoms with Gasteiger partial charge >= 0.3 is 12.4 Å². The highest BCUT2D eigenvalue weighted by atomic mass is 35.5. The Balaban J connectivity index is 1.43. The molecule has 0 saturated carbocycles. The molecule has 1 aliphatic rings. The van der Waals surface area contributed by atoms with E-state index in [-0.39, 0.29) is 48.5 Å². The molecule has 1 aromatic heterocycles. The Hall–Kier alpha value is -4.92. The van der Waals surface area contributed by atoms with Gasteiger partial charge in [0.15, 0.2) is 11.2 Å². The second-order valence-corrected chi connectivity index (χ2v) is 11.3. The molecule has 3 aromatic carbocycles. The first-order valence-electron chi connectivity index (χ1n) is 13.9. The van der Waals surface area contributed by atoms with Crippen LogP contribution in [0.4, 0.5) is 32.0 Å². The van der Waals surface area contributed by atoms with Gasteiger partial charge in [-0.15, -0.1) is 0 Å². The van der Waals surface area contributed by atoms with Gasteiger partial charge in [0.2, 0.25) is 0 Å². The zero-order valence-electron chi connectivity index (χ0n) is 23.8. The largest absolute Gasteiger partial charge is 0.450 e. The fourth-order valence-corrected chi connectivity index (χ4v) is 5.53. The lowest BCUT2D eigenvalue weighted by atomic mass is 9.91. The van der Waals surface area contributed by atoms with Gasteiger partial charge < -0.3 is 14.6 Å². The van der Waals surface area contributed by atoms with E-state index >= 15 is 0 Å². The van der Waals surface area contributed by atoms with E-state index in [9.17, 15) is 50.8 Å². The van der Waals surface area contributed by atoms with Crippen LogP contribution < -0.4 is 10.7 Å². The SMILES string of the molecule is O=C(N[C@H]1CCN(C(=O)c2cc(C(F)(F)F)cc(C(F)(F)F)c2)[C@H](Cc2ccc(Cl)cc2)C1)c1cc(=O)c2ccc([N+](=O)[O-])cc2o1. The monoisotopic (exact) mass is 681 g/mol. The quantitative estimate of drug-likeness (QED) is 0.132. The number of nitrogens with one attached hydrogen (secondary N) is 1. The van der Waals surface area contributed by atoms with Crippen LogP contribution in [-0.2, 0) is 18.8 Å². The summed E-state index contributed by atoms with van der Waals surface area (Å²) < 4.78 is 86.6. The topological polar surface area (TPSA) is 123 Å². The Labute approximate surface area is 265 Å². The smallest absolute Gasteiger partial charge is 0.416 e. The van der Waals surface area contributed by atoms with Crippen LogP contribution in [0.1, 0.15) is 50.4 Å². The second-order valence-electron chi connectivity index (χ2n) is 10.9. The number of benzene rings is 3. The molecule has 2 heterocycles. The Morgan fingerprint density at radius 1 is 0.957 bits per heavy atom. The number of nitro benzene ring substituents is 1. The number of halogens is 7. The number of carbonyl (C=O) groups excluding carboxylic acids is 2. The molecule has 9 nitrogen and oxygen atoms in total. The van der Waals surface area contributed by atoms with Gasteiger partial charge in [0.1, 0.15) is 5.58 Å². The average molecular weight is 682 g/mol. The molecule has 47 heavy (non-hydrogen) atoms. The van der Waals surface area contributed by atoms with E-state index in [2.05, 4.69) is 5.32 Å². The van der Waals surface area contributed by atoms with E-state index < -0.39 is 69.1 Å². The van der Waals surface area contributed by atoms with Crippen molar-refractivity contribution in [1.82, 2.24) is 10.2 Å². The van der Waals surface area contributed by atoms with Gasteiger partial charge in [-0.3, -0.25) is 24.5 Å². The highest BCUT2D eigenvalue weighted by Crippen LogP contribution is 2.37. The lowest BCUT2D eigenvalue weighted by Gasteiger charge is -2.40. The molecule has 5 rings (SSSR count). The zero-order valence-corrected chi connectivity index (χ0v) is 24.6. The van der Waals surface area contributed by atoms with E-state index in [1.54, 1.807) is 24.3 Å². The van der Waals surface area contributed by atoms with Crippen molar-refractivity contribution in [3.8, 4) is 0 Å². The molecule has 2 amide bonds. The van der Waals surface area contributed by atoms with Crippen LogP contribution in [0, 0.1) is 10.1 Å². The van der Waals surface area contributed by atoms with Gasteiger partial charge in [-0.2, -0.15) is 26.3 Å². The maximum Gasteiger partial charge on any atom is 0.416 e. The summed E-state index contributed by atoms with van der Waals surface area (Å²) in [5.41, 5.74) is -4.62. The minimum atomic E-state index is -5.15. The number of hydrogen-bond donors (Lipinski definition) is 1. The number of fused-ring (bicyclic) bond motifs is 1. The number of rotatable bonds is 6. The molecule has 1 aliphatic heterocycles. The Morgan fingerprint density at radius 2 is 1.60 bits per heavy atom. The molecule has 0 spiro atoms. The maximum absolute atomic E-state index is 13.6. The highest BCUT2D eigenvalue weighted by Gasteiger charge is 2.39. The first-order chi connectivity index (χ1) is 22.0. The van der Waals surface area contributed by atoms with Crippen LogP contribution in [0.2, 0.25) is 5.02 Å². The van der Waals surface area contributed by atoms with Crippen molar-refractivity contribution in [2.45, 2.75) is 43.7 Å². The van der Waals surface area contributed by atoms with Crippen molar-refractivity contribution in [2.24, 2.45) is 0 Å².